The second kappa shape index (κ2) is 11.6. The molecule has 2 aromatic carbocycles. The van der Waals surface area contributed by atoms with Crippen molar-refractivity contribution >= 4 is 17.5 Å². The number of carbonyl (C=O) groups excluding carboxylic acids is 1. The van der Waals surface area contributed by atoms with Gasteiger partial charge in [0.05, 0.1) is 24.9 Å². The van der Waals surface area contributed by atoms with Gasteiger partial charge in [-0.15, -0.1) is 0 Å². The number of hydrogen-bond donors (Lipinski definition) is 2. The summed E-state index contributed by atoms with van der Waals surface area (Å²) in [5.41, 5.74) is 3.17. The molecule has 5 rings (SSSR count). The standard InChI is InChI=1S/C28H28N8O3/c1-18(15-36-17-30-16-34-36)39-25-9-20(5-6-22(25)11-29)23-13-32-28(33-14-23)35-24-8-7-21(10-26(24)38-2)27(37)31-12-19-3-4-19/h5-10,13-14,16-19H,3-4,12,15H2,1-2H3,(H,31,37)(H,32,33,35)/t18-/m0/s1. The molecule has 4 aromatic rings. The lowest BCUT2D eigenvalue weighted by Crippen LogP contribution is -2.25. The number of carbonyl (C=O) groups is 1. The molecule has 0 radical (unpaired) electrons. The SMILES string of the molecule is COc1cc(C(=O)NCC2CC2)ccc1Nc1ncc(-c2ccc(C#N)c(O[C@@H](C)Cn3cncn3)c2)cn1. The fraction of sp³-hybridized carbons (Fsp3) is 0.286. The number of anilines is 2. The van der Waals surface area contributed by atoms with Gasteiger partial charge < -0.3 is 20.1 Å². The zero-order valence-electron chi connectivity index (χ0n) is 21.7. The van der Waals surface area contributed by atoms with Crippen LogP contribution >= 0.6 is 0 Å². The quantitative estimate of drug-likeness (QED) is 0.298. The molecule has 0 unspecified atom stereocenters. The number of nitrogens with one attached hydrogen (secondary N) is 2. The molecule has 1 atom stereocenters. The van der Waals surface area contributed by atoms with Crippen LogP contribution in [0.4, 0.5) is 11.6 Å². The monoisotopic (exact) mass is 524 g/mol. The Morgan fingerprint density at radius 3 is 2.67 bits per heavy atom. The second-order valence-corrected chi connectivity index (χ2v) is 9.36. The van der Waals surface area contributed by atoms with Crippen molar-refractivity contribution in [2.45, 2.75) is 32.4 Å². The molecule has 0 aliphatic heterocycles. The van der Waals surface area contributed by atoms with E-state index in [0.717, 1.165) is 11.1 Å². The van der Waals surface area contributed by atoms with E-state index in [1.807, 2.05) is 13.0 Å². The van der Waals surface area contributed by atoms with Gasteiger partial charge in [0.15, 0.2) is 0 Å². The van der Waals surface area contributed by atoms with Gasteiger partial charge in [-0.25, -0.2) is 19.6 Å². The fourth-order valence-corrected chi connectivity index (χ4v) is 4.00. The Morgan fingerprint density at radius 1 is 1.15 bits per heavy atom. The minimum absolute atomic E-state index is 0.120. The normalized spacial score (nSPS) is 13.3. The van der Waals surface area contributed by atoms with Crippen LogP contribution in [0.5, 0.6) is 11.5 Å². The van der Waals surface area contributed by atoms with E-state index in [-0.39, 0.29) is 12.0 Å². The zero-order valence-corrected chi connectivity index (χ0v) is 21.7. The van der Waals surface area contributed by atoms with E-state index in [1.165, 1.54) is 19.2 Å². The third kappa shape index (κ3) is 6.48. The van der Waals surface area contributed by atoms with E-state index < -0.39 is 0 Å². The summed E-state index contributed by atoms with van der Waals surface area (Å²) in [6.45, 7) is 3.10. The lowest BCUT2D eigenvalue weighted by Gasteiger charge is -2.16. The van der Waals surface area contributed by atoms with Crippen molar-refractivity contribution in [1.82, 2.24) is 30.0 Å². The number of rotatable bonds is 11. The van der Waals surface area contributed by atoms with E-state index in [0.29, 0.717) is 53.3 Å². The summed E-state index contributed by atoms with van der Waals surface area (Å²) in [5.74, 6) is 1.83. The van der Waals surface area contributed by atoms with E-state index in [9.17, 15) is 10.1 Å². The summed E-state index contributed by atoms with van der Waals surface area (Å²) in [5, 5.41) is 19.7. The van der Waals surface area contributed by atoms with Crippen LogP contribution in [0.25, 0.3) is 11.1 Å². The molecule has 0 bridgehead atoms. The average molecular weight is 525 g/mol. The third-order valence-electron chi connectivity index (χ3n) is 6.28. The molecule has 0 saturated heterocycles. The first-order valence-electron chi connectivity index (χ1n) is 12.6. The first-order valence-corrected chi connectivity index (χ1v) is 12.6. The van der Waals surface area contributed by atoms with Gasteiger partial charge in [-0.2, -0.15) is 10.4 Å². The van der Waals surface area contributed by atoms with Crippen LogP contribution in [0, 0.1) is 17.2 Å². The largest absolute Gasteiger partial charge is 0.495 e. The van der Waals surface area contributed by atoms with Crippen LogP contribution in [0.3, 0.4) is 0 Å². The smallest absolute Gasteiger partial charge is 0.251 e. The molecule has 1 amide bonds. The van der Waals surface area contributed by atoms with Gasteiger partial charge in [0.2, 0.25) is 5.95 Å². The summed E-state index contributed by atoms with van der Waals surface area (Å²) in [6, 6.07) is 12.7. The topological polar surface area (TPSA) is 140 Å². The molecule has 2 heterocycles. The molecule has 0 spiro atoms. The van der Waals surface area contributed by atoms with E-state index >= 15 is 0 Å². The molecular formula is C28H28N8O3. The Morgan fingerprint density at radius 2 is 1.97 bits per heavy atom. The number of hydrogen-bond acceptors (Lipinski definition) is 9. The molecule has 11 nitrogen and oxygen atoms in total. The molecule has 11 heteroatoms. The summed E-state index contributed by atoms with van der Waals surface area (Å²) >= 11 is 0. The van der Waals surface area contributed by atoms with Crippen molar-refractivity contribution in [3.05, 3.63) is 72.6 Å². The highest BCUT2D eigenvalue weighted by molar-refractivity contribution is 5.95. The maximum absolute atomic E-state index is 12.4. The van der Waals surface area contributed by atoms with Crippen molar-refractivity contribution < 1.29 is 14.3 Å². The Bertz CT molecular complexity index is 1480. The summed E-state index contributed by atoms with van der Waals surface area (Å²) in [7, 11) is 1.55. The Balaban J connectivity index is 1.27. The number of benzene rings is 2. The van der Waals surface area contributed by atoms with Crippen molar-refractivity contribution in [2.75, 3.05) is 19.0 Å². The third-order valence-corrected chi connectivity index (χ3v) is 6.28. The maximum Gasteiger partial charge on any atom is 0.251 e. The number of methoxy groups -OCH3 is 1. The minimum Gasteiger partial charge on any atom is -0.495 e. The van der Waals surface area contributed by atoms with E-state index in [1.54, 1.807) is 60.8 Å². The van der Waals surface area contributed by atoms with Crippen molar-refractivity contribution in [2.24, 2.45) is 5.92 Å². The predicted molar refractivity (Wildman–Crippen MR) is 144 cm³/mol. The fourth-order valence-electron chi connectivity index (χ4n) is 4.00. The first kappa shape index (κ1) is 25.7. The van der Waals surface area contributed by atoms with Gasteiger partial charge in [0.25, 0.3) is 5.91 Å². The molecule has 198 valence electrons. The number of nitrogens with zero attached hydrogens (tertiary/aromatic N) is 6. The first-order chi connectivity index (χ1) is 19.0. The molecule has 1 saturated carbocycles. The van der Waals surface area contributed by atoms with Gasteiger partial charge in [0.1, 0.15) is 36.3 Å². The van der Waals surface area contributed by atoms with Crippen molar-refractivity contribution in [3.8, 4) is 28.7 Å². The summed E-state index contributed by atoms with van der Waals surface area (Å²) in [4.78, 5) is 25.3. The molecular weight excluding hydrogens is 496 g/mol. The van der Waals surface area contributed by atoms with Crippen molar-refractivity contribution in [3.63, 3.8) is 0 Å². The van der Waals surface area contributed by atoms with Crippen LogP contribution < -0.4 is 20.1 Å². The molecule has 2 N–H and O–H groups in total. The number of nitriles is 1. The van der Waals surface area contributed by atoms with Crippen LogP contribution in [-0.2, 0) is 6.54 Å². The Labute approximate surface area is 225 Å². The van der Waals surface area contributed by atoms with Gasteiger partial charge in [0, 0.05) is 30.1 Å². The molecule has 1 aliphatic carbocycles. The van der Waals surface area contributed by atoms with Crippen molar-refractivity contribution in [1.29, 1.82) is 5.26 Å². The van der Waals surface area contributed by atoms with Gasteiger partial charge in [-0.1, -0.05) is 6.07 Å². The highest BCUT2D eigenvalue weighted by Crippen LogP contribution is 2.31. The maximum atomic E-state index is 12.4. The number of aromatic nitrogens is 5. The predicted octanol–water partition coefficient (Wildman–Crippen LogP) is 3.97. The van der Waals surface area contributed by atoms with Crippen LogP contribution in [-0.4, -0.2) is 50.4 Å². The number of ether oxygens (including phenoxy) is 2. The minimum atomic E-state index is -0.234. The Kier molecular flexibility index (Phi) is 7.63. The highest BCUT2D eigenvalue weighted by Gasteiger charge is 2.22. The molecule has 39 heavy (non-hydrogen) atoms. The molecule has 1 aliphatic rings. The van der Waals surface area contributed by atoms with Gasteiger partial charge >= 0.3 is 0 Å². The Hall–Kier alpha value is -4.98. The van der Waals surface area contributed by atoms with E-state index in [2.05, 4.69) is 36.8 Å². The average Bonchev–Trinajstić information content (AvgIpc) is 3.65. The molecule has 1 fully saturated rings. The summed E-state index contributed by atoms with van der Waals surface area (Å²) < 4.78 is 13.2. The van der Waals surface area contributed by atoms with Gasteiger partial charge in [-0.3, -0.25) is 4.79 Å². The van der Waals surface area contributed by atoms with Gasteiger partial charge in [-0.05, 0) is 61.6 Å². The summed E-state index contributed by atoms with van der Waals surface area (Å²) in [6.07, 6.45) is 8.57. The van der Waals surface area contributed by atoms with Crippen LogP contribution in [0.1, 0.15) is 35.7 Å². The van der Waals surface area contributed by atoms with E-state index in [4.69, 9.17) is 9.47 Å². The zero-order chi connectivity index (χ0) is 27.2. The lowest BCUT2D eigenvalue weighted by atomic mass is 10.1. The highest BCUT2D eigenvalue weighted by atomic mass is 16.5. The van der Waals surface area contributed by atoms with Crippen LogP contribution in [0.2, 0.25) is 0 Å². The van der Waals surface area contributed by atoms with Crippen LogP contribution in [0.15, 0.2) is 61.4 Å². The molecule has 2 aromatic heterocycles. The number of amides is 1. The second-order valence-electron chi connectivity index (χ2n) is 9.36. The lowest BCUT2D eigenvalue weighted by molar-refractivity contribution is 0.0951.